The van der Waals surface area contributed by atoms with Crippen molar-refractivity contribution in [1.29, 1.82) is 0 Å². The summed E-state index contributed by atoms with van der Waals surface area (Å²) >= 11 is 0. The van der Waals surface area contributed by atoms with E-state index in [1.807, 2.05) is 0 Å². The standard InChI is InChI=1S/C14H13N2/c1-15-10-5-9-13(15)14-8-4-7-12-6-2-3-11-16(12)14/h2-11H,1H3/q+1. The highest BCUT2D eigenvalue weighted by molar-refractivity contribution is 5.54. The average molecular weight is 209 g/mol. The van der Waals surface area contributed by atoms with Crippen molar-refractivity contribution in [3.63, 3.8) is 0 Å². The van der Waals surface area contributed by atoms with E-state index in [0.717, 1.165) is 0 Å². The highest BCUT2D eigenvalue weighted by Crippen LogP contribution is 2.15. The number of rotatable bonds is 1. The minimum atomic E-state index is 1.21. The van der Waals surface area contributed by atoms with Crippen LogP contribution in [0.25, 0.3) is 16.9 Å². The average Bonchev–Trinajstić information content (AvgIpc) is 2.75. The highest BCUT2D eigenvalue weighted by Gasteiger charge is 2.12. The lowest BCUT2D eigenvalue weighted by molar-refractivity contribution is -0.499. The lowest BCUT2D eigenvalue weighted by Gasteiger charge is -2.00. The smallest absolute Gasteiger partial charge is 0.234 e. The molecule has 0 aromatic carbocycles. The molecule has 0 saturated heterocycles. The molecule has 3 aromatic rings. The first-order valence-electron chi connectivity index (χ1n) is 5.37. The van der Waals surface area contributed by atoms with Crippen molar-refractivity contribution in [3.05, 3.63) is 60.9 Å². The summed E-state index contributed by atoms with van der Waals surface area (Å²) in [5.74, 6) is 0. The largest absolute Gasteiger partial charge is 0.346 e. The van der Waals surface area contributed by atoms with Crippen molar-refractivity contribution in [2.24, 2.45) is 7.05 Å². The van der Waals surface area contributed by atoms with E-state index in [9.17, 15) is 0 Å². The summed E-state index contributed by atoms with van der Waals surface area (Å²) in [6.07, 6.45) is 4.16. The van der Waals surface area contributed by atoms with Crippen LogP contribution in [0.1, 0.15) is 0 Å². The number of hydrogen-bond donors (Lipinski definition) is 0. The van der Waals surface area contributed by atoms with Crippen LogP contribution in [0.2, 0.25) is 0 Å². The van der Waals surface area contributed by atoms with Crippen molar-refractivity contribution >= 4 is 5.52 Å². The second kappa shape index (κ2) is 3.49. The van der Waals surface area contributed by atoms with Gasteiger partial charge in [0, 0.05) is 37.5 Å². The monoisotopic (exact) mass is 209 g/mol. The fraction of sp³-hybridized carbons (Fsp3) is 0.0714. The third-order valence-electron chi connectivity index (χ3n) is 2.88. The maximum Gasteiger partial charge on any atom is 0.234 e. The molecular weight excluding hydrogens is 196 g/mol. The van der Waals surface area contributed by atoms with Crippen molar-refractivity contribution in [2.45, 2.75) is 0 Å². The van der Waals surface area contributed by atoms with Crippen LogP contribution in [-0.4, -0.2) is 4.57 Å². The normalized spacial score (nSPS) is 10.8. The Kier molecular flexibility index (Phi) is 2.00. The molecule has 3 heterocycles. The molecule has 0 N–H and O–H groups in total. The van der Waals surface area contributed by atoms with Crippen molar-refractivity contribution in [2.75, 3.05) is 0 Å². The van der Waals surface area contributed by atoms with Gasteiger partial charge in [-0.15, -0.1) is 0 Å². The van der Waals surface area contributed by atoms with Crippen LogP contribution in [0.15, 0.2) is 60.9 Å². The molecule has 0 aliphatic carbocycles. The van der Waals surface area contributed by atoms with E-state index in [-0.39, 0.29) is 0 Å². The third kappa shape index (κ3) is 1.31. The highest BCUT2D eigenvalue weighted by atomic mass is 15.0. The molecule has 0 spiro atoms. The molecule has 2 heteroatoms. The van der Waals surface area contributed by atoms with Gasteiger partial charge in [0.25, 0.3) is 0 Å². The summed E-state index contributed by atoms with van der Waals surface area (Å²) in [6, 6.07) is 16.8. The summed E-state index contributed by atoms with van der Waals surface area (Å²) in [4.78, 5) is 0. The second-order valence-corrected chi connectivity index (χ2v) is 3.91. The maximum absolute atomic E-state index is 2.20. The van der Waals surface area contributed by atoms with Crippen LogP contribution in [0, 0.1) is 0 Å². The Morgan fingerprint density at radius 3 is 2.62 bits per heavy atom. The van der Waals surface area contributed by atoms with Crippen LogP contribution in [-0.2, 0) is 7.05 Å². The molecule has 0 fully saturated rings. The maximum atomic E-state index is 2.20. The van der Waals surface area contributed by atoms with Crippen LogP contribution in [0.3, 0.4) is 0 Å². The molecule has 0 amide bonds. The van der Waals surface area contributed by atoms with Gasteiger partial charge >= 0.3 is 0 Å². The van der Waals surface area contributed by atoms with Gasteiger partial charge in [-0.1, -0.05) is 0 Å². The van der Waals surface area contributed by atoms with Crippen molar-refractivity contribution in [1.82, 2.24) is 4.57 Å². The summed E-state index contributed by atoms with van der Waals surface area (Å²) in [6.45, 7) is 0. The molecular formula is C14H13N2+. The van der Waals surface area contributed by atoms with Gasteiger partial charge < -0.3 is 4.57 Å². The summed E-state index contributed by atoms with van der Waals surface area (Å²) in [7, 11) is 2.07. The predicted octanol–water partition coefficient (Wildman–Crippen LogP) is 2.43. The zero-order chi connectivity index (χ0) is 11.0. The van der Waals surface area contributed by atoms with Gasteiger partial charge in [-0.25, -0.2) is 0 Å². The van der Waals surface area contributed by atoms with Crippen molar-refractivity contribution < 1.29 is 4.40 Å². The SMILES string of the molecule is Cn1cccc1-c1cccc2cccc[n+]12. The van der Waals surface area contributed by atoms with E-state index in [0.29, 0.717) is 0 Å². The molecule has 0 aliphatic heterocycles. The fourth-order valence-electron chi connectivity index (χ4n) is 2.07. The minimum absolute atomic E-state index is 1.21. The van der Waals surface area contributed by atoms with E-state index >= 15 is 0 Å². The van der Waals surface area contributed by atoms with Gasteiger partial charge in [-0.05, 0) is 24.3 Å². The number of aromatic nitrogens is 2. The Balaban J connectivity index is 2.36. The van der Waals surface area contributed by atoms with Crippen LogP contribution >= 0.6 is 0 Å². The molecule has 0 unspecified atom stereocenters. The van der Waals surface area contributed by atoms with Gasteiger partial charge in [0.1, 0.15) is 5.69 Å². The first-order valence-corrected chi connectivity index (χ1v) is 5.37. The van der Waals surface area contributed by atoms with Crippen LogP contribution in [0.5, 0.6) is 0 Å². The van der Waals surface area contributed by atoms with Gasteiger partial charge in [-0.2, -0.15) is 4.40 Å². The molecule has 3 rings (SSSR count). The Hall–Kier alpha value is -2.09. The Bertz CT molecular complexity index is 633. The molecule has 16 heavy (non-hydrogen) atoms. The number of fused-ring (bicyclic) bond motifs is 1. The van der Waals surface area contributed by atoms with E-state index in [1.165, 1.54) is 16.9 Å². The van der Waals surface area contributed by atoms with Crippen molar-refractivity contribution in [3.8, 4) is 11.4 Å². The third-order valence-corrected chi connectivity index (χ3v) is 2.88. The van der Waals surface area contributed by atoms with Gasteiger partial charge in [-0.3, -0.25) is 0 Å². The Morgan fingerprint density at radius 1 is 0.938 bits per heavy atom. The molecule has 0 saturated carbocycles. The first-order chi connectivity index (χ1) is 7.86. The Morgan fingerprint density at radius 2 is 1.81 bits per heavy atom. The van der Waals surface area contributed by atoms with E-state index < -0.39 is 0 Å². The number of pyridine rings is 2. The lowest BCUT2D eigenvalue weighted by Crippen LogP contribution is -2.24. The molecule has 0 bridgehead atoms. The van der Waals surface area contributed by atoms with Crippen LogP contribution in [0.4, 0.5) is 0 Å². The lowest BCUT2D eigenvalue weighted by atomic mass is 10.2. The van der Waals surface area contributed by atoms with Gasteiger partial charge in [0.15, 0.2) is 6.20 Å². The predicted molar refractivity (Wildman–Crippen MR) is 64.0 cm³/mol. The molecule has 2 nitrogen and oxygen atoms in total. The number of nitrogens with zero attached hydrogens (tertiary/aromatic N) is 2. The molecule has 3 aromatic heterocycles. The number of hydrogen-bond acceptors (Lipinski definition) is 0. The summed E-state index contributed by atoms with van der Waals surface area (Å²) in [5.41, 5.74) is 3.65. The first kappa shape index (κ1) is 9.16. The van der Waals surface area contributed by atoms with E-state index in [4.69, 9.17) is 0 Å². The Labute approximate surface area is 94.4 Å². The molecule has 78 valence electrons. The van der Waals surface area contributed by atoms with Gasteiger partial charge in [0.2, 0.25) is 11.2 Å². The van der Waals surface area contributed by atoms with Gasteiger partial charge in [0.05, 0.1) is 0 Å². The topological polar surface area (TPSA) is 9.03 Å². The molecule has 0 atom stereocenters. The number of aryl methyl sites for hydroxylation is 1. The fourth-order valence-corrected chi connectivity index (χ4v) is 2.07. The van der Waals surface area contributed by atoms with E-state index in [2.05, 4.69) is 76.9 Å². The second-order valence-electron chi connectivity index (χ2n) is 3.91. The zero-order valence-electron chi connectivity index (χ0n) is 9.17. The summed E-state index contributed by atoms with van der Waals surface area (Å²) < 4.78 is 4.34. The summed E-state index contributed by atoms with van der Waals surface area (Å²) in [5, 5.41) is 0. The van der Waals surface area contributed by atoms with E-state index in [1.54, 1.807) is 0 Å². The van der Waals surface area contributed by atoms with Crippen LogP contribution < -0.4 is 4.40 Å². The zero-order valence-corrected chi connectivity index (χ0v) is 9.17. The minimum Gasteiger partial charge on any atom is -0.346 e. The molecule has 0 radical (unpaired) electrons. The molecule has 0 aliphatic rings. The quantitative estimate of drug-likeness (QED) is 0.544.